The van der Waals surface area contributed by atoms with Crippen molar-refractivity contribution < 1.29 is 0 Å². The van der Waals surface area contributed by atoms with Gasteiger partial charge in [0.2, 0.25) is 0 Å². The van der Waals surface area contributed by atoms with E-state index in [1.807, 2.05) is 0 Å². The molecule has 17 heavy (non-hydrogen) atoms. The van der Waals surface area contributed by atoms with Gasteiger partial charge in [0.15, 0.2) is 0 Å². The van der Waals surface area contributed by atoms with Crippen molar-refractivity contribution in [2.45, 2.75) is 46.5 Å². The molecule has 2 rings (SSSR count). The van der Waals surface area contributed by atoms with Crippen molar-refractivity contribution in [1.82, 2.24) is 4.98 Å². The molecule has 0 aliphatic carbocycles. The van der Waals surface area contributed by atoms with Crippen LogP contribution in [0.25, 0.3) is 10.9 Å². The van der Waals surface area contributed by atoms with E-state index in [0.29, 0.717) is 11.8 Å². The van der Waals surface area contributed by atoms with Crippen LogP contribution in [0.1, 0.15) is 56.4 Å². The Hall–Kier alpha value is -1.37. The van der Waals surface area contributed by atoms with E-state index in [-0.39, 0.29) is 0 Å². The number of hydrogen-bond donors (Lipinski definition) is 0. The highest BCUT2D eigenvalue weighted by atomic mass is 14.7. The summed E-state index contributed by atoms with van der Waals surface area (Å²) in [5.41, 5.74) is 5.11. The molecule has 1 heteroatoms. The van der Waals surface area contributed by atoms with Gasteiger partial charge < -0.3 is 0 Å². The monoisotopic (exact) mass is 227 g/mol. The summed E-state index contributed by atoms with van der Waals surface area (Å²) in [6, 6.07) is 8.73. The normalized spacial score (nSPS) is 11.7. The molecular weight excluding hydrogens is 206 g/mol. The lowest BCUT2D eigenvalue weighted by molar-refractivity contribution is 0.828. The smallest absolute Gasteiger partial charge is 0.0708 e. The van der Waals surface area contributed by atoms with Crippen molar-refractivity contribution in [3.05, 3.63) is 41.1 Å². The zero-order valence-electron chi connectivity index (χ0n) is 11.4. The number of pyridine rings is 1. The summed E-state index contributed by atoms with van der Waals surface area (Å²) in [5, 5.41) is 1.31. The van der Waals surface area contributed by atoms with E-state index in [1.54, 1.807) is 0 Å². The molecule has 0 fully saturated rings. The first-order valence-corrected chi connectivity index (χ1v) is 6.41. The Morgan fingerprint density at radius 2 is 1.59 bits per heavy atom. The minimum atomic E-state index is 0.489. The third kappa shape index (κ3) is 2.19. The molecule has 0 atom stereocenters. The number of aromatic nitrogens is 1. The van der Waals surface area contributed by atoms with Crippen LogP contribution in [-0.2, 0) is 0 Å². The number of benzene rings is 1. The topological polar surface area (TPSA) is 12.9 Å². The van der Waals surface area contributed by atoms with Gasteiger partial charge in [0, 0.05) is 11.1 Å². The minimum Gasteiger partial charge on any atom is -0.253 e. The number of rotatable bonds is 2. The second kappa shape index (κ2) is 4.48. The standard InChI is InChI=1S/C16H21N/c1-10(2)14-9-7-13-15(17-14)8-6-12(5)16(13)11(3)4/h6-11H,1-5H3. The predicted molar refractivity (Wildman–Crippen MR) is 74.7 cm³/mol. The Labute approximate surface area is 104 Å². The maximum absolute atomic E-state index is 4.76. The number of hydrogen-bond acceptors (Lipinski definition) is 1. The number of fused-ring (bicyclic) bond motifs is 1. The highest BCUT2D eigenvalue weighted by Crippen LogP contribution is 2.28. The first kappa shape index (κ1) is 12.1. The van der Waals surface area contributed by atoms with E-state index in [0.717, 1.165) is 5.52 Å². The van der Waals surface area contributed by atoms with Crippen LogP contribution in [0.3, 0.4) is 0 Å². The van der Waals surface area contributed by atoms with E-state index in [4.69, 9.17) is 4.98 Å². The summed E-state index contributed by atoms with van der Waals surface area (Å²) in [5.74, 6) is 1.04. The fourth-order valence-corrected chi connectivity index (χ4v) is 2.44. The highest BCUT2D eigenvalue weighted by molar-refractivity contribution is 5.84. The van der Waals surface area contributed by atoms with Crippen LogP contribution in [0, 0.1) is 6.92 Å². The van der Waals surface area contributed by atoms with Crippen LogP contribution in [0.5, 0.6) is 0 Å². The van der Waals surface area contributed by atoms with Crippen molar-refractivity contribution in [3.63, 3.8) is 0 Å². The molecule has 0 unspecified atom stereocenters. The Kier molecular flexibility index (Phi) is 3.19. The number of aryl methyl sites for hydroxylation is 1. The summed E-state index contributed by atoms with van der Waals surface area (Å²) < 4.78 is 0. The molecule has 0 amide bonds. The summed E-state index contributed by atoms with van der Waals surface area (Å²) in [6.45, 7) is 11.1. The van der Waals surface area contributed by atoms with Gasteiger partial charge in [-0.15, -0.1) is 0 Å². The van der Waals surface area contributed by atoms with E-state index in [9.17, 15) is 0 Å². The summed E-state index contributed by atoms with van der Waals surface area (Å²) >= 11 is 0. The maximum Gasteiger partial charge on any atom is 0.0708 e. The third-order valence-corrected chi connectivity index (χ3v) is 3.32. The van der Waals surface area contributed by atoms with Gasteiger partial charge in [-0.2, -0.15) is 0 Å². The van der Waals surface area contributed by atoms with E-state index >= 15 is 0 Å². The Balaban J connectivity index is 2.71. The predicted octanol–water partition coefficient (Wildman–Crippen LogP) is 4.79. The molecule has 0 aliphatic heterocycles. The zero-order valence-corrected chi connectivity index (χ0v) is 11.4. The summed E-state index contributed by atoms with van der Waals surface area (Å²) in [7, 11) is 0. The zero-order chi connectivity index (χ0) is 12.6. The average molecular weight is 227 g/mol. The molecule has 0 bridgehead atoms. The molecule has 0 N–H and O–H groups in total. The van der Waals surface area contributed by atoms with Crippen molar-refractivity contribution in [2.75, 3.05) is 0 Å². The van der Waals surface area contributed by atoms with E-state index in [2.05, 4.69) is 58.9 Å². The summed E-state index contributed by atoms with van der Waals surface area (Å²) in [6.07, 6.45) is 0. The first-order chi connectivity index (χ1) is 8.00. The largest absolute Gasteiger partial charge is 0.253 e. The lowest BCUT2D eigenvalue weighted by Crippen LogP contribution is -1.98. The molecule has 1 aromatic heterocycles. The molecular formula is C16H21N. The molecule has 1 nitrogen and oxygen atoms in total. The number of nitrogens with zero attached hydrogens (tertiary/aromatic N) is 1. The highest BCUT2D eigenvalue weighted by Gasteiger charge is 2.10. The molecule has 0 radical (unpaired) electrons. The fourth-order valence-electron chi connectivity index (χ4n) is 2.44. The van der Waals surface area contributed by atoms with Crippen LogP contribution in [-0.4, -0.2) is 4.98 Å². The van der Waals surface area contributed by atoms with E-state index < -0.39 is 0 Å². The molecule has 90 valence electrons. The van der Waals surface area contributed by atoms with Gasteiger partial charge in [-0.3, -0.25) is 4.98 Å². The van der Waals surface area contributed by atoms with Gasteiger partial charge in [-0.1, -0.05) is 39.8 Å². The van der Waals surface area contributed by atoms with Gasteiger partial charge in [-0.05, 0) is 42.0 Å². The third-order valence-electron chi connectivity index (χ3n) is 3.32. The van der Waals surface area contributed by atoms with Crippen molar-refractivity contribution in [3.8, 4) is 0 Å². The van der Waals surface area contributed by atoms with Gasteiger partial charge in [0.25, 0.3) is 0 Å². The molecule has 2 aromatic rings. The summed E-state index contributed by atoms with van der Waals surface area (Å²) in [4.78, 5) is 4.76. The fraction of sp³-hybridized carbons (Fsp3) is 0.438. The van der Waals surface area contributed by atoms with Crippen molar-refractivity contribution in [2.24, 2.45) is 0 Å². The van der Waals surface area contributed by atoms with Crippen molar-refractivity contribution >= 4 is 10.9 Å². The van der Waals surface area contributed by atoms with Crippen molar-refractivity contribution in [1.29, 1.82) is 0 Å². The van der Waals surface area contributed by atoms with Gasteiger partial charge in [-0.25, -0.2) is 0 Å². The van der Waals surface area contributed by atoms with Gasteiger partial charge >= 0.3 is 0 Å². The molecule has 0 saturated heterocycles. The maximum atomic E-state index is 4.76. The molecule has 1 aromatic carbocycles. The average Bonchev–Trinajstić information content (AvgIpc) is 2.27. The van der Waals surface area contributed by atoms with Gasteiger partial charge in [0.1, 0.15) is 0 Å². The van der Waals surface area contributed by atoms with Crippen LogP contribution in [0.2, 0.25) is 0 Å². The second-order valence-electron chi connectivity index (χ2n) is 5.41. The molecule has 0 spiro atoms. The molecule has 1 heterocycles. The lowest BCUT2D eigenvalue weighted by Gasteiger charge is -2.14. The molecule has 0 saturated carbocycles. The van der Waals surface area contributed by atoms with Crippen LogP contribution in [0.15, 0.2) is 24.3 Å². The quantitative estimate of drug-likeness (QED) is 0.718. The Morgan fingerprint density at radius 1 is 0.882 bits per heavy atom. The van der Waals surface area contributed by atoms with Crippen LogP contribution >= 0.6 is 0 Å². The second-order valence-corrected chi connectivity index (χ2v) is 5.41. The minimum absolute atomic E-state index is 0.489. The van der Waals surface area contributed by atoms with Crippen LogP contribution < -0.4 is 0 Å². The van der Waals surface area contributed by atoms with Gasteiger partial charge in [0.05, 0.1) is 5.52 Å². The lowest BCUT2D eigenvalue weighted by atomic mass is 9.93. The first-order valence-electron chi connectivity index (χ1n) is 6.41. The molecule has 0 aliphatic rings. The SMILES string of the molecule is Cc1ccc2nc(C(C)C)ccc2c1C(C)C. The Morgan fingerprint density at radius 3 is 2.18 bits per heavy atom. The van der Waals surface area contributed by atoms with E-state index in [1.165, 1.54) is 22.2 Å². The Bertz CT molecular complexity index is 538. The van der Waals surface area contributed by atoms with Crippen LogP contribution in [0.4, 0.5) is 0 Å².